The summed E-state index contributed by atoms with van der Waals surface area (Å²) in [6.45, 7) is 6.38. The van der Waals surface area contributed by atoms with Crippen LogP contribution in [0.2, 0.25) is 0 Å². The number of para-hydroxylation sites is 1. The summed E-state index contributed by atoms with van der Waals surface area (Å²) in [5, 5.41) is 5.05. The minimum Gasteiger partial charge on any atom is -0.341 e. The van der Waals surface area contributed by atoms with Crippen molar-refractivity contribution in [3.05, 3.63) is 34.6 Å². The fourth-order valence-electron chi connectivity index (χ4n) is 2.31. The van der Waals surface area contributed by atoms with Crippen LogP contribution < -0.4 is 16.2 Å². The van der Waals surface area contributed by atoms with Gasteiger partial charge in [-0.25, -0.2) is 9.78 Å². The maximum Gasteiger partial charge on any atom is 0.321 e. The molecule has 26 heavy (non-hydrogen) atoms. The zero-order valence-corrected chi connectivity index (χ0v) is 16.2. The van der Waals surface area contributed by atoms with Crippen LogP contribution in [0.25, 0.3) is 10.9 Å². The third-order valence-electron chi connectivity index (χ3n) is 3.87. The topological polar surface area (TPSA) is 93.1 Å². The summed E-state index contributed by atoms with van der Waals surface area (Å²) in [6, 6.07) is 6.61. The summed E-state index contributed by atoms with van der Waals surface area (Å²) < 4.78 is 1.62. The summed E-state index contributed by atoms with van der Waals surface area (Å²) in [4.78, 5) is 40.9. The van der Waals surface area contributed by atoms with E-state index >= 15 is 0 Å². The first-order valence-corrected chi connectivity index (χ1v) is 9.40. The number of benzene rings is 1. The van der Waals surface area contributed by atoms with Crippen LogP contribution in [0.15, 0.2) is 34.2 Å². The van der Waals surface area contributed by atoms with Crippen LogP contribution in [0.3, 0.4) is 0 Å². The van der Waals surface area contributed by atoms with Gasteiger partial charge in [0.25, 0.3) is 5.56 Å². The second-order valence-corrected chi connectivity index (χ2v) is 7.69. The number of fused-ring (bicyclic) bond motifs is 1. The van der Waals surface area contributed by atoms with Gasteiger partial charge in [-0.15, -0.1) is 0 Å². The van der Waals surface area contributed by atoms with Gasteiger partial charge in [-0.05, 0) is 31.4 Å². The quantitative estimate of drug-likeness (QED) is 0.596. The Balaban J connectivity index is 2.37. The Morgan fingerprint density at radius 2 is 1.92 bits per heavy atom. The first-order valence-electron chi connectivity index (χ1n) is 8.52. The van der Waals surface area contributed by atoms with Crippen molar-refractivity contribution in [2.45, 2.75) is 44.1 Å². The first-order chi connectivity index (χ1) is 12.3. The molecule has 3 amide bonds. The van der Waals surface area contributed by atoms with E-state index in [-0.39, 0.29) is 5.56 Å². The van der Waals surface area contributed by atoms with Gasteiger partial charge in [0, 0.05) is 13.6 Å². The Morgan fingerprint density at radius 3 is 2.58 bits per heavy atom. The Morgan fingerprint density at radius 1 is 1.23 bits per heavy atom. The number of amides is 3. The summed E-state index contributed by atoms with van der Waals surface area (Å²) in [7, 11) is 1.44. The van der Waals surface area contributed by atoms with E-state index in [1.807, 2.05) is 12.1 Å². The molecule has 1 unspecified atom stereocenters. The second kappa shape index (κ2) is 8.84. The van der Waals surface area contributed by atoms with E-state index in [1.54, 1.807) is 23.6 Å². The highest BCUT2D eigenvalue weighted by molar-refractivity contribution is 8.00. The molecule has 0 aliphatic carbocycles. The number of thioether (sulfide) groups is 1. The van der Waals surface area contributed by atoms with E-state index < -0.39 is 17.2 Å². The normalized spacial score (nSPS) is 12.2. The molecule has 7 nitrogen and oxygen atoms in total. The Bertz CT molecular complexity index is 863. The van der Waals surface area contributed by atoms with Crippen molar-refractivity contribution < 1.29 is 9.59 Å². The molecule has 2 aromatic rings. The molecule has 1 atom stereocenters. The molecular formula is C18H24N4O3S. The molecule has 0 saturated heterocycles. The molecule has 0 bridgehead atoms. The molecule has 0 aliphatic heterocycles. The Hall–Kier alpha value is -2.35. The van der Waals surface area contributed by atoms with Crippen molar-refractivity contribution in [2.75, 3.05) is 7.05 Å². The lowest BCUT2D eigenvalue weighted by molar-refractivity contribution is -0.119. The number of aromatic nitrogens is 2. The summed E-state index contributed by atoms with van der Waals surface area (Å²) >= 11 is 1.17. The molecule has 0 aliphatic rings. The predicted octanol–water partition coefficient (Wildman–Crippen LogP) is 2.38. The van der Waals surface area contributed by atoms with Crippen LogP contribution in [0.1, 0.15) is 27.2 Å². The number of nitrogens with one attached hydrogen (secondary N) is 2. The number of urea groups is 1. The van der Waals surface area contributed by atoms with E-state index in [1.165, 1.54) is 18.8 Å². The summed E-state index contributed by atoms with van der Waals surface area (Å²) in [6.07, 6.45) is 0.826. The van der Waals surface area contributed by atoms with Gasteiger partial charge in [0.1, 0.15) is 0 Å². The fraction of sp³-hybridized carbons (Fsp3) is 0.444. The van der Waals surface area contributed by atoms with E-state index in [9.17, 15) is 14.4 Å². The average Bonchev–Trinajstić information content (AvgIpc) is 2.61. The number of carbonyl (C=O) groups excluding carboxylic acids is 2. The van der Waals surface area contributed by atoms with Crippen molar-refractivity contribution >= 4 is 34.6 Å². The second-order valence-electron chi connectivity index (χ2n) is 6.38. The van der Waals surface area contributed by atoms with Crippen LogP contribution in [-0.4, -0.2) is 33.8 Å². The highest BCUT2D eigenvalue weighted by Crippen LogP contribution is 2.23. The zero-order valence-electron chi connectivity index (χ0n) is 15.4. The standard InChI is InChI=1S/C18H24N4O3S/c1-11(2)9-10-22-16(24)13-7-5-6-8-14(13)20-18(22)26-12(3)15(23)21-17(25)19-4/h5-8,11-12H,9-10H2,1-4H3,(H2,19,21,23,25). The van der Waals surface area contributed by atoms with Crippen molar-refractivity contribution in [1.29, 1.82) is 0 Å². The van der Waals surface area contributed by atoms with Gasteiger partial charge in [0.05, 0.1) is 16.2 Å². The molecule has 0 saturated carbocycles. The first kappa shape index (κ1) is 20.0. The van der Waals surface area contributed by atoms with Gasteiger partial charge in [0.15, 0.2) is 5.16 Å². The molecule has 0 fully saturated rings. The van der Waals surface area contributed by atoms with Crippen molar-refractivity contribution in [2.24, 2.45) is 5.92 Å². The van der Waals surface area contributed by atoms with Crippen LogP contribution in [0, 0.1) is 5.92 Å². The van der Waals surface area contributed by atoms with Crippen LogP contribution >= 0.6 is 11.8 Å². The molecule has 2 rings (SSSR count). The van der Waals surface area contributed by atoms with E-state index in [2.05, 4.69) is 29.5 Å². The van der Waals surface area contributed by atoms with Crippen LogP contribution in [0.5, 0.6) is 0 Å². The number of hydrogen-bond acceptors (Lipinski definition) is 5. The minimum atomic E-state index is -0.578. The molecular weight excluding hydrogens is 352 g/mol. The third-order valence-corrected chi connectivity index (χ3v) is 4.96. The molecule has 140 valence electrons. The SMILES string of the molecule is CNC(=O)NC(=O)C(C)Sc1nc2ccccc2c(=O)n1CCC(C)C. The van der Waals surface area contributed by atoms with Crippen molar-refractivity contribution in [3.8, 4) is 0 Å². The van der Waals surface area contributed by atoms with E-state index in [0.717, 1.165) is 6.42 Å². The zero-order chi connectivity index (χ0) is 19.3. The smallest absolute Gasteiger partial charge is 0.321 e. The molecule has 1 aromatic carbocycles. The van der Waals surface area contributed by atoms with Gasteiger partial charge in [0.2, 0.25) is 5.91 Å². The monoisotopic (exact) mass is 376 g/mol. The number of nitrogens with zero attached hydrogens (tertiary/aromatic N) is 2. The lowest BCUT2D eigenvalue weighted by Gasteiger charge is -2.16. The average molecular weight is 376 g/mol. The third kappa shape index (κ3) is 4.85. The van der Waals surface area contributed by atoms with E-state index in [4.69, 9.17) is 0 Å². The van der Waals surface area contributed by atoms with Crippen LogP contribution in [-0.2, 0) is 11.3 Å². The molecule has 2 N–H and O–H groups in total. The maximum atomic E-state index is 12.9. The van der Waals surface area contributed by atoms with Gasteiger partial charge >= 0.3 is 6.03 Å². The molecule has 0 radical (unpaired) electrons. The molecule has 1 heterocycles. The Labute approximate surface area is 156 Å². The highest BCUT2D eigenvalue weighted by Gasteiger charge is 2.20. The van der Waals surface area contributed by atoms with Crippen LogP contribution in [0.4, 0.5) is 4.79 Å². The van der Waals surface area contributed by atoms with Gasteiger partial charge in [-0.1, -0.05) is 37.7 Å². The number of hydrogen-bond donors (Lipinski definition) is 2. The lowest BCUT2D eigenvalue weighted by atomic mass is 10.1. The van der Waals surface area contributed by atoms with E-state index in [0.29, 0.717) is 28.5 Å². The fourth-order valence-corrected chi connectivity index (χ4v) is 3.24. The van der Waals surface area contributed by atoms with Crippen molar-refractivity contribution in [3.63, 3.8) is 0 Å². The van der Waals surface area contributed by atoms with Crippen molar-refractivity contribution in [1.82, 2.24) is 20.2 Å². The maximum absolute atomic E-state index is 12.9. The minimum absolute atomic E-state index is 0.113. The molecule has 0 spiro atoms. The number of carbonyl (C=O) groups is 2. The highest BCUT2D eigenvalue weighted by atomic mass is 32.2. The molecule has 8 heteroatoms. The van der Waals surface area contributed by atoms with Gasteiger partial charge in [-0.3, -0.25) is 19.5 Å². The Kier molecular flexibility index (Phi) is 6.79. The summed E-state index contributed by atoms with van der Waals surface area (Å²) in [5.41, 5.74) is 0.484. The van der Waals surface area contributed by atoms with Gasteiger partial charge < -0.3 is 5.32 Å². The number of rotatable bonds is 6. The largest absolute Gasteiger partial charge is 0.341 e. The lowest BCUT2D eigenvalue weighted by Crippen LogP contribution is -2.41. The molecule has 1 aromatic heterocycles. The van der Waals surface area contributed by atoms with Gasteiger partial charge in [-0.2, -0.15) is 0 Å². The predicted molar refractivity (Wildman–Crippen MR) is 103 cm³/mol. The summed E-state index contributed by atoms with van der Waals surface area (Å²) in [5.74, 6) is -0.00707. The number of imide groups is 1.